The first-order valence-electron chi connectivity index (χ1n) is 11.9. The molecule has 0 aliphatic carbocycles. The van der Waals surface area contributed by atoms with E-state index in [1.54, 1.807) is 18.2 Å². The van der Waals surface area contributed by atoms with Crippen LogP contribution >= 0.6 is 0 Å². The molecule has 0 bridgehead atoms. The number of para-hydroxylation sites is 2. The minimum atomic E-state index is -0.858. The predicted molar refractivity (Wildman–Crippen MR) is 139 cm³/mol. The molecule has 5 rings (SSSR count). The van der Waals surface area contributed by atoms with Crippen LogP contribution in [0.4, 0.5) is 0 Å². The molecular formula is C29H25N3O5. The molecule has 1 aliphatic heterocycles. The monoisotopic (exact) mass is 495 g/mol. The molecule has 0 saturated carbocycles. The number of carbonyl (C=O) groups excluding carboxylic acids is 2. The second-order valence-electron chi connectivity index (χ2n) is 8.38. The lowest BCUT2D eigenvalue weighted by Crippen LogP contribution is -2.25. The molecule has 0 saturated heterocycles. The van der Waals surface area contributed by atoms with E-state index in [0.29, 0.717) is 17.9 Å². The summed E-state index contributed by atoms with van der Waals surface area (Å²) < 4.78 is 17.5. The van der Waals surface area contributed by atoms with E-state index in [4.69, 9.17) is 19.2 Å². The third-order valence-electron chi connectivity index (χ3n) is 5.81. The number of rotatable bonds is 6. The fraction of sp³-hybridized carbons (Fsp3) is 0.172. The number of nitrogens with zero attached hydrogens (tertiary/aromatic N) is 3. The van der Waals surface area contributed by atoms with Crippen LogP contribution in [0.1, 0.15) is 38.1 Å². The number of ether oxygens (including phenoxy) is 3. The molecule has 0 spiro atoms. The van der Waals surface area contributed by atoms with Crippen molar-refractivity contribution in [3.05, 3.63) is 90.0 Å². The number of benzene rings is 3. The van der Waals surface area contributed by atoms with Gasteiger partial charge in [-0.15, -0.1) is 5.10 Å². The molecule has 8 heteroatoms. The van der Waals surface area contributed by atoms with E-state index >= 15 is 0 Å². The van der Waals surface area contributed by atoms with Crippen molar-refractivity contribution in [1.29, 1.82) is 0 Å². The summed E-state index contributed by atoms with van der Waals surface area (Å²) in [5, 5.41) is 6.63. The van der Waals surface area contributed by atoms with E-state index in [-0.39, 0.29) is 17.6 Å². The van der Waals surface area contributed by atoms with Gasteiger partial charge in [-0.2, -0.15) is 5.01 Å². The van der Waals surface area contributed by atoms with Crippen LogP contribution in [0.2, 0.25) is 0 Å². The van der Waals surface area contributed by atoms with Crippen LogP contribution in [-0.2, 0) is 14.3 Å². The molecular weight excluding hydrogens is 470 g/mol. The molecule has 1 aliphatic rings. The largest absolute Gasteiger partial charge is 0.490 e. The lowest BCUT2D eigenvalue weighted by Gasteiger charge is -2.21. The Labute approximate surface area is 214 Å². The fourth-order valence-electron chi connectivity index (χ4n) is 4.24. The molecule has 186 valence electrons. The van der Waals surface area contributed by atoms with Crippen LogP contribution in [-0.4, -0.2) is 34.4 Å². The Morgan fingerprint density at radius 2 is 1.73 bits per heavy atom. The van der Waals surface area contributed by atoms with Crippen LogP contribution in [0.3, 0.4) is 0 Å². The Bertz CT molecular complexity index is 1520. The number of hydrogen-bond donors (Lipinski definition) is 0. The molecule has 4 aromatic rings. The van der Waals surface area contributed by atoms with Gasteiger partial charge in [-0.05, 0) is 31.2 Å². The lowest BCUT2D eigenvalue weighted by molar-refractivity contribution is -0.135. The van der Waals surface area contributed by atoms with Crippen LogP contribution in [0, 0.1) is 0 Å². The van der Waals surface area contributed by atoms with Gasteiger partial charge in [-0.25, -0.2) is 4.98 Å². The highest BCUT2D eigenvalue weighted by Gasteiger charge is 2.36. The predicted octanol–water partition coefficient (Wildman–Crippen LogP) is 5.46. The van der Waals surface area contributed by atoms with Gasteiger partial charge >= 0.3 is 5.97 Å². The minimum Gasteiger partial charge on any atom is -0.490 e. The molecule has 1 amide bonds. The van der Waals surface area contributed by atoms with Gasteiger partial charge in [-0.3, -0.25) is 9.59 Å². The number of esters is 1. The number of hydrazone groups is 1. The average molecular weight is 496 g/mol. The highest BCUT2D eigenvalue weighted by atomic mass is 16.6. The van der Waals surface area contributed by atoms with Crippen LogP contribution in [0.5, 0.6) is 11.5 Å². The zero-order chi connectivity index (χ0) is 25.9. The zero-order valence-electron chi connectivity index (χ0n) is 20.7. The number of pyridine rings is 1. The maximum absolute atomic E-state index is 12.7. The Morgan fingerprint density at radius 1 is 0.973 bits per heavy atom. The van der Waals surface area contributed by atoms with E-state index < -0.39 is 12.2 Å². The zero-order valence-corrected chi connectivity index (χ0v) is 20.7. The van der Waals surface area contributed by atoms with Crippen molar-refractivity contribution in [3.8, 4) is 22.8 Å². The fourth-order valence-corrected chi connectivity index (χ4v) is 4.24. The normalized spacial score (nSPS) is 14.7. The van der Waals surface area contributed by atoms with Crippen molar-refractivity contribution in [3.63, 3.8) is 0 Å². The lowest BCUT2D eigenvalue weighted by atomic mass is 10.0. The molecule has 0 N–H and O–H groups in total. The smallest absolute Gasteiger partial charge is 0.308 e. The number of amides is 1. The van der Waals surface area contributed by atoms with Crippen molar-refractivity contribution < 1.29 is 23.8 Å². The van der Waals surface area contributed by atoms with Gasteiger partial charge in [0.1, 0.15) is 0 Å². The van der Waals surface area contributed by atoms with E-state index in [1.807, 2.05) is 67.6 Å². The van der Waals surface area contributed by atoms with Gasteiger partial charge in [0.15, 0.2) is 11.5 Å². The summed E-state index contributed by atoms with van der Waals surface area (Å²) in [7, 11) is 0. The molecule has 37 heavy (non-hydrogen) atoms. The van der Waals surface area contributed by atoms with Crippen molar-refractivity contribution in [2.75, 3.05) is 6.61 Å². The first-order chi connectivity index (χ1) is 18.0. The number of hydrogen-bond acceptors (Lipinski definition) is 7. The van der Waals surface area contributed by atoms with Gasteiger partial charge in [0, 0.05) is 30.4 Å². The quantitative estimate of drug-likeness (QED) is 0.260. The summed E-state index contributed by atoms with van der Waals surface area (Å²) in [6.07, 6.45) is -0.858. The van der Waals surface area contributed by atoms with Gasteiger partial charge in [-0.1, -0.05) is 54.6 Å². The second kappa shape index (κ2) is 10.1. The standard InChI is InChI=1S/C29H25N3O5/c1-4-35-26-16-10-14-22(27(26)36-19(3)34)28-31-32(18(2)33)29(37-28)23-17-25(20-11-6-5-7-12-20)30-24-15-9-8-13-21(23)24/h5-17,29H,4H2,1-3H3. The molecule has 0 radical (unpaired) electrons. The van der Waals surface area contributed by atoms with Gasteiger partial charge in [0.2, 0.25) is 18.0 Å². The SMILES string of the molecule is CCOc1cccc(C2=NN(C(C)=O)C(c3cc(-c4ccccc4)nc4ccccc34)O2)c1OC(C)=O. The minimum absolute atomic E-state index is 0.139. The first-order valence-corrected chi connectivity index (χ1v) is 11.9. The maximum Gasteiger partial charge on any atom is 0.308 e. The Balaban J connectivity index is 1.63. The van der Waals surface area contributed by atoms with Crippen molar-refractivity contribution >= 4 is 28.7 Å². The van der Waals surface area contributed by atoms with Gasteiger partial charge < -0.3 is 14.2 Å². The first kappa shape index (κ1) is 24.0. The maximum atomic E-state index is 12.7. The van der Waals surface area contributed by atoms with Gasteiger partial charge in [0.05, 0.1) is 23.4 Å². The average Bonchev–Trinajstić information content (AvgIpc) is 3.35. The summed E-state index contributed by atoms with van der Waals surface area (Å²) in [6, 6.07) is 24.6. The highest BCUT2D eigenvalue weighted by Crippen LogP contribution is 2.39. The van der Waals surface area contributed by atoms with Gasteiger partial charge in [0.25, 0.3) is 0 Å². The molecule has 1 atom stereocenters. The summed E-state index contributed by atoms with van der Waals surface area (Å²) in [5.41, 5.74) is 3.57. The number of carbonyl (C=O) groups is 2. The van der Waals surface area contributed by atoms with E-state index in [0.717, 1.165) is 27.7 Å². The summed E-state index contributed by atoms with van der Waals surface area (Å²) in [4.78, 5) is 29.5. The third-order valence-corrected chi connectivity index (χ3v) is 5.81. The van der Waals surface area contributed by atoms with Crippen LogP contribution in [0.25, 0.3) is 22.2 Å². The summed E-state index contributed by atoms with van der Waals surface area (Å²) in [6.45, 7) is 4.94. The van der Waals surface area contributed by atoms with E-state index in [2.05, 4.69) is 5.10 Å². The van der Waals surface area contributed by atoms with E-state index in [1.165, 1.54) is 18.9 Å². The topological polar surface area (TPSA) is 90.3 Å². The highest BCUT2D eigenvalue weighted by molar-refractivity contribution is 6.00. The van der Waals surface area contributed by atoms with Crippen molar-refractivity contribution in [2.45, 2.75) is 27.0 Å². The second-order valence-corrected chi connectivity index (χ2v) is 8.38. The number of fused-ring (bicyclic) bond motifs is 1. The molecule has 1 aromatic heterocycles. The third kappa shape index (κ3) is 4.73. The van der Waals surface area contributed by atoms with E-state index in [9.17, 15) is 9.59 Å². The van der Waals surface area contributed by atoms with Crippen LogP contribution < -0.4 is 9.47 Å². The van der Waals surface area contributed by atoms with Crippen LogP contribution in [0.15, 0.2) is 84.0 Å². The summed E-state index contributed by atoms with van der Waals surface area (Å²) >= 11 is 0. The van der Waals surface area contributed by atoms with Crippen molar-refractivity contribution in [2.24, 2.45) is 5.10 Å². The molecule has 3 aromatic carbocycles. The summed E-state index contributed by atoms with van der Waals surface area (Å²) in [5.74, 6) is -0.124. The Hall–Kier alpha value is -4.72. The molecule has 1 unspecified atom stereocenters. The molecule has 8 nitrogen and oxygen atoms in total. The molecule has 0 fully saturated rings. The van der Waals surface area contributed by atoms with Crippen molar-refractivity contribution in [1.82, 2.24) is 9.99 Å². The number of aromatic nitrogens is 1. The molecule has 2 heterocycles. The Morgan fingerprint density at radius 3 is 2.46 bits per heavy atom. The Kier molecular flexibility index (Phi) is 6.55.